The predicted molar refractivity (Wildman–Crippen MR) is 50.7 cm³/mol. The van der Waals surface area contributed by atoms with Crippen molar-refractivity contribution < 1.29 is 23.1 Å². The predicted octanol–water partition coefficient (Wildman–Crippen LogP) is 1.72. The van der Waals surface area contributed by atoms with E-state index in [0.717, 1.165) is 12.1 Å². The molecule has 0 aliphatic carbocycles. The minimum Gasteiger partial charge on any atom is -0.480 e. The van der Waals surface area contributed by atoms with Crippen molar-refractivity contribution in [2.45, 2.75) is 18.9 Å². The van der Waals surface area contributed by atoms with E-state index in [2.05, 4.69) is 0 Å². The summed E-state index contributed by atoms with van der Waals surface area (Å²) >= 11 is 0. The van der Waals surface area contributed by atoms with E-state index < -0.39 is 29.8 Å². The molecule has 0 amide bonds. The number of rotatable bonds is 4. The molecule has 16 heavy (non-hydrogen) atoms. The molecule has 1 atom stereocenters. The highest BCUT2D eigenvalue weighted by Gasteiger charge is 2.16. The van der Waals surface area contributed by atoms with Gasteiger partial charge in [-0.05, 0) is 18.1 Å². The molecule has 1 unspecified atom stereocenters. The summed E-state index contributed by atoms with van der Waals surface area (Å²) in [4.78, 5) is 10.4. The summed E-state index contributed by atoms with van der Waals surface area (Å²) in [5.41, 5.74) is 4.80. The Hall–Kier alpha value is -1.56. The lowest BCUT2D eigenvalue weighted by atomic mass is 10.0. The van der Waals surface area contributed by atoms with Gasteiger partial charge in [0.15, 0.2) is 0 Å². The van der Waals surface area contributed by atoms with Gasteiger partial charge in [0.1, 0.15) is 11.9 Å². The molecule has 1 aromatic carbocycles. The molecular formula is C10H10F3NO2. The highest BCUT2D eigenvalue weighted by molar-refractivity contribution is 5.73. The SMILES string of the molecule is NC(Cc1ccc(C(F)F)c(F)c1)C(=O)O. The molecule has 0 spiro atoms. The lowest BCUT2D eigenvalue weighted by molar-refractivity contribution is -0.138. The summed E-state index contributed by atoms with van der Waals surface area (Å²) < 4.78 is 37.5. The number of benzene rings is 1. The molecular weight excluding hydrogens is 223 g/mol. The quantitative estimate of drug-likeness (QED) is 0.832. The zero-order valence-corrected chi connectivity index (χ0v) is 8.16. The zero-order chi connectivity index (χ0) is 12.3. The first kappa shape index (κ1) is 12.5. The lowest BCUT2D eigenvalue weighted by Crippen LogP contribution is -2.32. The van der Waals surface area contributed by atoms with Crippen LogP contribution in [-0.2, 0) is 11.2 Å². The standard InChI is InChI=1S/C10H10F3NO2/c11-7-3-5(4-8(14)10(15)16)1-2-6(7)9(12)13/h1-3,8-9H,4,14H2,(H,15,16). The number of hydrogen-bond donors (Lipinski definition) is 2. The van der Waals surface area contributed by atoms with Gasteiger partial charge in [-0.1, -0.05) is 12.1 Å². The van der Waals surface area contributed by atoms with Crippen LogP contribution in [-0.4, -0.2) is 17.1 Å². The molecule has 1 aromatic rings. The fourth-order valence-electron chi connectivity index (χ4n) is 1.22. The molecule has 0 bridgehead atoms. The molecule has 1 rings (SSSR count). The Morgan fingerprint density at radius 3 is 2.50 bits per heavy atom. The van der Waals surface area contributed by atoms with Gasteiger partial charge in [0.05, 0.1) is 5.56 Å². The van der Waals surface area contributed by atoms with Crippen LogP contribution in [0.4, 0.5) is 13.2 Å². The van der Waals surface area contributed by atoms with Crippen molar-refractivity contribution in [2.75, 3.05) is 0 Å². The smallest absolute Gasteiger partial charge is 0.320 e. The van der Waals surface area contributed by atoms with E-state index in [-0.39, 0.29) is 12.0 Å². The summed E-state index contributed by atoms with van der Waals surface area (Å²) in [6.07, 6.45) is -2.99. The molecule has 3 nitrogen and oxygen atoms in total. The van der Waals surface area contributed by atoms with E-state index in [4.69, 9.17) is 10.8 Å². The topological polar surface area (TPSA) is 63.3 Å². The molecule has 0 heterocycles. The van der Waals surface area contributed by atoms with Gasteiger partial charge in [0, 0.05) is 0 Å². The van der Waals surface area contributed by atoms with Crippen molar-refractivity contribution in [2.24, 2.45) is 5.73 Å². The molecule has 0 saturated heterocycles. The van der Waals surface area contributed by atoms with E-state index in [0.29, 0.717) is 0 Å². The Labute approximate surface area is 89.7 Å². The third kappa shape index (κ3) is 2.96. The Morgan fingerprint density at radius 2 is 2.06 bits per heavy atom. The summed E-state index contributed by atoms with van der Waals surface area (Å²) in [6, 6.07) is 1.89. The second-order valence-corrected chi connectivity index (χ2v) is 3.31. The van der Waals surface area contributed by atoms with E-state index in [9.17, 15) is 18.0 Å². The van der Waals surface area contributed by atoms with Gasteiger partial charge in [0.25, 0.3) is 6.43 Å². The average molecular weight is 233 g/mol. The maximum atomic E-state index is 13.1. The number of carbonyl (C=O) groups is 1. The summed E-state index contributed by atoms with van der Waals surface area (Å²) in [6.45, 7) is 0. The molecule has 0 saturated carbocycles. The number of carboxylic acids is 1. The van der Waals surface area contributed by atoms with Crippen LogP contribution in [0.3, 0.4) is 0 Å². The summed E-state index contributed by atoms with van der Waals surface area (Å²) in [5, 5.41) is 8.52. The van der Waals surface area contributed by atoms with Crippen molar-refractivity contribution in [1.82, 2.24) is 0 Å². The van der Waals surface area contributed by atoms with Crippen LogP contribution >= 0.6 is 0 Å². The van der Waals surface area contributed by atoms with Gasteiger partial charge in [-0.2, -0.15) is 0 Å². The third-order valence-corrected chi connectivity index (χ3v) is 2.07. The maximum absolute atomic E-state index is 13.1. The van der Waals surface area contributed by atoms with Gasteiger partial charge >= 0.3 is 5.97 Å². The monoisotopic (exact) mass is 233 g/mol. The van der Waals surface area contributed by atoms with Crippen molar-refractivity contribution in [3.63, 3.8) is 0 Å². The highest BCUT2D eigenvalue weighted by Crippen LogP contribution is 2.22. The van der Waals surface area contributed by atoms with Gasteiger partial charge in [-0.3, -0.25) is 4.79 Å². The molecule has 88 valence electrons. The molecule has 0 aromatic heterocycles. The van der Waals surface area contributed by atoms with Crippen molar-refractivity contribution in [1.29, 1.82) is 0 Å². The van der Waals surface area contributed by atoms with Crippen LogP contribution in [0.2, 0.25) is 0 Å². The first-order valence-electron chi connectivity index (χ1n) is 4.46. The first-order chi connectivity index (χ1) is 7.41. The minimum atomic E-state index is -2.89. The Balaban J connectivity index is 2.85. The van der Waals surface area contributed by atoms with Gasteiger partial charge in [-0.25, -0.2) is 13.2 Å². The molecule has 0 aliphatic rings. The number of halogens is 3. The number of alkyl halides is 2. The Kier molecular flexibility index (Phi) is 3.89. The van der Waals surface area contributed by atoms with Crippen LogP contribution in [0.15, 0.2) is 18.2 Å². The highest BCUT2D eigenvalue weighted by atomic mass is 19.3. The van der Waals surface area contributed by atoms with Crippen LogP contribution in [0.5, 0.6) is 0 Å². The van der Waals surface area contributed by atoms with Crippen LogP contribution in [0.25, 0.3) is 0 Å². The molecule has 0 aliphatic heterocycles. The van der Waals surface area contributed by atoms with Crippen molar-refractivity contribution in [3.8, 4) is 0 Å². The van der Waals surface area contributed by atoms with E-state index in [1.54, 1.807) is 0 Å². The normalized spacial score (nSPS) is 12.8. The largest absolute Gasteiger partial charge is 0.480 e. The second-order valence-electron chi connectivity index (χ2n) is 3.31. The van der Waals surface area contributed by atoms with Crippen molar-refractivity contribution >= 4 is 5.97 Å². The molecule has 6 heteroatoms. The number of nitrogens with two attached hydrogens (primary N) is 1. The average Bonchev–Trinajstić information content (AvgIpc) is 2.16. The number of hydrogen-bond acceptors (Lipinski definition) is 2. The first-order valence-corrected chi connectivity index (χ1v) is 4.46. The Morgan fingerprint density at radius 1 is 1.44 bits per heavy atom. The van der Waals surface area contributed by atoms with Crippen LogP contribution in [0, 0.1) is 5.82 Å². The molecule has 0 radical (unpaired) electrons. The number of aliphatic carboxylic acids is 1. The fourth-order valence-corrected chi connectivity index (χ4v) is 1.22. The van der Waals surface area contributed by atoms with Gasteiger partial charge in [0.2, 0.25) is 0 Å². The minimum absolute atomic E-state index is 0.101. The van der Waals surface area contributed by atoms with E-state index in [1.807, 2.05) is 0 Å². The maximum Gasteiger partial charge on any atom is 0.320 e. The van der Waals surface area contributed by atoms with Gasteiger partial charge < -0.3 is 10.8 Å². The Bertz CT molecular complexity index is 396. The fraction of sp³-hybridized carbons (Fsp3) is 0.300. The zero-order valence-electron chi connectivity index (χ0n) is 8.16. The summed E-state index contributed by atoms with van der Waals surface area (Å²) in [7, 11) is 0. The van der Waals surface area contributed by atoms with Crippen LogP contribution < -0.4 is 5.73 Å². The summed E-state index contributed by atoms with van der Waals surface area (Å²) in [5.74, 6) is -2.27. The van der Waals surface area contributed by atoms with Gasteiger partial charge in [-0.15, -0.1) is 0 Å². The number of carboxylic acid groups (broad SMARTS) is 1. The van der Waals surface area contributed by atoms with Crippen LogP contribution in [0.1, 0.15) is 17.6 Å². The lowest BCUT2D eigenvalue weighted by Gasteiger charge is -2.08. The van der Waals surface area contributed by atoms with E-state index >= 15 is 0 Å². The third-order valence-electron chi connectivity index (χ3n) is 2.07. The molecule has 0 fully saturated rings. The second kappa shape index (κ2) is 4.98. The van der Waals surface area contributed by atoms with Crippen molar-refractivity contribution in [3.05, 3.63) is 35.1 Å². The van der Waals surface area contributed by atoms with E-state index in [1.165, 1.54) is 6.07 Å². The molecule has 3 N–H and O–H groups in total.